The smallest absolute Gasteiger partial charge is 0.326 e. The Hall–Kier alpha value is -1.60. The molecule has 23 heavy (non-hydrogen) atoms. The van der Waals surface area contributed by atoms with E-state index < -0.39 is 22.7 Å². The molecule has 5 nitrogen and oxygen atoms in total. The summed E-state index contributed by atoms with van der Waals surface area (Å²) in [7, 11) is 0. The van der Waals surface area contributed by atoms with Gasteiger partial charge in [0, 0.05) is 4.47 Å². The van der Waals surface area contributed by atoms with Gasteiger partial charge in [-0.25, -0.2) is 0 Å². The lowest BCUT2D eigenvalue weighted by Crippen LogP contribution is -2.37. The molecule has 1 aliphatic heterocycles. The maximum Gasteiger partial charge on any atom is 0.326 e. The summed E-state index contributed by atoms with van der Waals surface area (Å²) in [5, 5.41) is -0.468. The number of rotatable bonds is 3. The van der Waals surface area contributed by atoms with E-state index in [2.05, 4.69) is 15.9 Å². The Morgan fingerprint density at radius 1 is 1.26 bits per heavy atom. The number of carbonyl (C=O) groups excluding carboxylic acids is 3. The molecule has 0 aliphatic carbocycles. The number of carbonyl (C=O) groups is 3. The van der Waals surface area contributed by atoms with Crippen molar-refractivity contribution in [2.75, 3.05) is 6.54 Å². The van der Waals surface area contributed by atoms with Crippen molar-refractivity contribution in [3.05, 3.63) is 39.2 Å². The van der Waals surface area contributed by atoms with E-state index in [0.717, 1.165) is 26.7 Å². The second-order valence-corrected chi connectivity index (χ2v) is 7.81. The molecule has 1 aromatic carbocycles. The first-order chi connectivity index (χ1) is 10.7. The van der Waals surface area contributed by atoms with Crippen LogP contribution >= 0.6 is 27.7 Å². The molecule has 0 unspecified atom stereocenters. The summed E-state index contributed by atoms with van der Waals surface area (Å²) in [5.74, 6) is -1.08. The highest BCUT2D eigenvalue weighted by atomic mass is 79.9. The number of amides is 2. The second kappa shape index (κ2) is 6.88. The van der Waals surface area contributed by atoms with E-state index in [-0.39, 0.29) is 6.54 Å². The second-order valence-electron chi connectivity index (χ2n) is 5.91. The van der Waals surface area contributed by atoms with E-state index in [4.69, 9.17) is 4.74 Å². The number of hydrogen-bond donors (Lipinski definition) is 0. The van der Waals surface area contributed by atoms with Crippen molar-refractivity contribution in [1.29, 1.82) is 0 Å². The van der Waals surface area contributed by atoms with E-state index in [9.17, 15) is 14.4 Å². The molecular weight excluding hydrogens is 382 g/mol. The number of ether oxygens (including phenoxy) is 1. The van der Waals surface area contributed by atoms with Gasteiger partial charge in [-0.05, 0) is 56.3 Å². The molecule has 122 valence electrons. The molecule has 1 aromatic rings. The van der Waals surface area contributed by atoms with Crippen molar-refractivity contribution in [3.8, 4) is 0 Å². The molecule has 1 saturated heterocycles. The minimum Gasteiger partial charge on any atom is -0.459 e. The first-order valence-electron chi connectivity index (χ1n) is 6.88. The minimum atomic E-state index is -0.661. The molecule has 0 spiro atoms. The SMILES string of the molecule is CC(C)(C)OC(=O)CN1C(=O)SC(=Cc2ccc(Br)cc2)C1=O. The van der Waals surface area contributed by atoms with Crippen LogP contribution in [0.15, 0.2) is 33.6 Å². The Morgan fingerprint density at radius 3 is 2.43 bits per heavy atom. The average molecular weight is 398 g/mol. The number of benzene rings is 1. The average Bonchev–Trinajstić information content (AvgIpc) is 2.67. The van der Waals surface area contributed by atoms with Gasteiger partial charge in [0.05, 0.1) is 4.91 Å². The first-order valence-corrected chi connectivity index (χ1v) is 8.49. The zero-order valence-corrected chi connectivity index (χ0v) is 15.4. The van der Waals surface area contributed by atoms with Crippen LogP contribution in [-0.2, 0) is 14.3 Å². The highest BCUT2D eigenvalue weighted by Gasteiger charge is 2.37. The summed E-state index contributed by atoms with van der Waals surface area (Å²) in [6, 6.07) is 7.34. The van der Waals surface area contributed by atoms with Crippen LogP contribution in [-0.4, -0.2) is 34.2 Å². The number of thioether (sulfide) groups is 1. The molecule has 1 aliphatic rings. The third-order valence-electron chi connectivity index (χ3n) is 2.75. The van der Waals surface area contributed by atoms with Crippen molar-refractivity contribution in [3.63, 3.8) is 0 Å². The molecule has 0 bridgehead atoms. The molecule has 0 saturated carbocycles. The lowest BCUT2D eigenvalue weighted by molar-refractivity contribution is -0.156. The standard InChI is InChI=1S/C16H16BrNO4S/c1-16(2,3)22-13(19)9-18-14(20)12(23-15(18)21)8-10-4-6-11(17)7-5-10/h4-8H,9H2,1-3H3. The quantitative estimate of drug-likeness (QED) is 0.572. The van der Waals surface area contributed by atoms with Gasteiger partial charge in [0.25, 0.3) is 11.1 Å². The normalized spacial score (nSPS) is 17.0. The largest absolute Gasteiger partial charge is 0.459 e. The number of esters is 1. The Bertz CT molecular complexity index is 676. The van der Waals surface area contributed by atoms with Crippen molar-refractivity contribution < 1.29 is 19.1 Å². The Kier molecular flexibility index (Phi) is 5.31. The zero-order chi connectivity index (χ0) is 17.2. The molecule has 7 heteroatoms. The summed E-state index contributed by atoms with van der Waals surface area (Å²) in [4.78, 5) is 37.2. The van der Waals surface area contributed by atoms with E-state index in [1.807, 2.05) is 24.3 Å². The van der Waals surface area contributed by atoms with Crippen molar-refractivity contribution in [1.82, 2.24) is 4.90 Å². The Balaban J connectivity index is 2.10. The fraction of sp³-hybridized carbons (Fsp3) is 0.312. The first kappa shape index (κ1) is 17.7. The molecule has 0 aromatic heterocycles. The fourth-order valence-corrected chi connectivity index (χ4v) is 2.95. The molecular formula is C16H16BrNO4S. The molecule has 2 rings (SSSR count). The van der Waals surface area contributed by atoms with Gasteiger partial charge >= 0.3 is 5.97 Å². The van der Waals surface area contributed by atoms with Gasteiger partial charge in [0.1, 0.15) is 12.1 Å². The fourth-order valence-electron chi connectivity index (χ4n) is 1.85. The van der Waals surface area contributed by atoms with E-state index in [1.54, 1.807) is 26.8 Å². The van der Waals surface area contributed by atoms with Crippen LogP contribution in [0.5, 0.6) is 0 Å². The van der Waals surface area contributed by atoms with Gasteiger partial charge < -0.3 is 4.74 Å². The van der Waals surface area contributed by atoms with Crippen LogP contribution in [0.1, 0.15) is 26.3 Å². The maximum atomic E-state index is 12.3. The molecule has 1 fully saturated rings. The van der Waals surface area contributed by atoms with Crippen LogP contribution in [0.2, 0.25) is 0 Å². The van der Waals surface area contributed by atoms with Crippen LogP contribution in [0.25, 0.3) is 6.08 Å². The van der Waals surface area contributed by atoms with Crippen molar-refractivity contribution >= 4 is 50.9 Å². The van der Waals surface area contributed by atoms with E-state index in [0.29, 0.717) is 4.91 Å². The van der Waals surface area contributed by atoms with Gasteiger partial charge in [-0.3, -0.25) is 19.3 Å². The third-order valence-corrected chi connectivity index (χ3v) is 4.18. The number of halogens is 1. The van der Waals surface area contributed by atoms with Crippen molar-refractivity contribution in [2.24, 2.45) is 0 Å². The number of hydrogen-bond acceptors (Lipinski definition) is 5. The molecule has 2 amide bonds. The monoisotopic (exact) mass is 397 g/mol. The van der Waals surface area contributed by atoms with Gasteiger partial charge in [-0.2, -0.15) is 0 Å². The predicted octanol–water partition coefficient (Wildman–Crippen LogP) is 3.83. The van der Waals surface area contributed by atoms with Crippen molar-refractivity contribution in [2.45, 2.75) is 26.4 Å². The van der Waals surface area contributed by atoms with Crippen LogP contribution < -0.4 is 0 Å². The molecule has 1 heterocycles. The zero-order valence-electron chi connectivity index (χ0n) is 13.0. The molecule has 0 radical (unpaired) electrons. The summed E-state index contributed by atoms with van der Waals surface area (Å²) < 4.78 is 6.07. The third kappa shape index (κ3) is 4.94. The van der Waals surface area contributed by atoms with Gasteiger partial charge in [-0.1, -0.05) is 28.1 Å². The lowest BCUT2D eigenvalue weighted by Gasteiger charge is -2.21. The highest BCUT2D eigenvalue weighted by Crippen LogP contribution is 2.32. The minimum absolute atomic E-state index is 0.292. The Labute approximate surface area is 147 Å². The van der Waals surface area contributed by atoms with Gasteiger partial charge in [0.15, 0.2) is 0 Å². The molecule has 0 atom stereocenters. The summed E-state index contributed by atoms with van der Waals surface area (Å²) in [5.41, 5.74) is 0.141. The topological polar surface area (TPSA) is 63.7 Å². The maximum absolute atomic E-state index is 12.3. The summed E-state index contributed by atoms with van der Waals surface area (Å²) >= 11 is 4.15. The van der Waals surface area contributed by atoms with Crippen LogP contribution in [0.4, 0.5) is 4.79 Å². The van der Waals surface area contributed by atoms with Gasteiger partial charge in [0.2, 0.25) is 0 Å². The van der Waals surface area contributed by atoms with E-state index in [1.165, 1.54) is 0 Å². The van der Waals surface area contributed by atoms with Crippen LogP contribution in [0, 0.1) is 0 Å². The summed E-state index contributed by atoms with van der Waals surface area (Å²) in [6.45, 7) is 4.81. The predicted molar refractivity (Wildman–Crippen MR) is 92.7 cm³/mol. The number of nitrogens with zero attached hydrogens (tertiary/aromatic N) is 1. The number of imide groups is 1. The Morgan fingerprint density at radius 2 is 1.87 bits per heavy atom. The van der Waals surface area contributed by atoms with Crippen LogP contribution in [0.3, 0.4) is 0 Å². The highest BCUT2D eigenvalue weighted by molar-refractivity contribution is 9.10. The summed E-state index contributed by atoms with van der Waals surface area (Å²) in [6.07, 6.45) is 1.63. The molecule has 0 N–H and O–H groups in total. The van der Waals surface area contributed by atoms with E-state index >= 15 is 0 Å². The van der Waals surface area contributed by atoms with Gasteiger partial charge in [-0.15, -0.1) is 0 Å². The lowest BCUT2D eigenvalue weighted by atomic mass is 10.2.